The Balaban J connectivity index is 1.90. The summed E-state index contributed by atoms with van der Waals surface area (Å²) in [6.07, 6.45) is 4.53. The highest BCUT2D eigenvalue weighted by Gasteiger charge is 2.21. The van der Waals surface area contributed by atoms with Gasteiger partial charge in [0, 0.05) is 25.0 Å². The highest BCUT2D eigenvalue weighted by molar-refractivity contribution is 6.05. The Hall–Kier alpha value is -2.29. The van der Waals surface area contributed by atoms with E-state index in [1.807, 2.05) is 11.9 Å². The number of rotatable bonds is 4. The molecule has 0 amide bonds. The molecular weight excluding hydrogens is 294 g/mol. The summed E-state index contributed by atoms with van der Waals surface area (Å²) in [7, 11) is 2.02. The van der Waals surface area contributed by atoms with Gasteiger partial charge < -0.3 is 9.80 Å². The van der Waals surface area contributed by atoms with Crippen LogP contribution in [0.4, 0.5) is 11.4 Å². The summed E-state index contributed by atoms with van der Waals surface area (Å²) in [6, 6.07) is 15.0. The van der Waals surface area contributed by atoms with Gasteiger partial charge in [0.1, 0.15) is 0 Å². The second kappa shape index (κ2) is 7.08. The Morgan fingerprint density at radius 2 is 1.88 bits per heavy atom. The Labute approximate surface area is 145 Å². The SMILES string of the molecule is CCc1cccc(N(CC)C(=N)N(C)c2cccc3c2CCC3)c1. The fourth-order valence-electron chi connectivity index (χ4n) is 3.61. The molecule has 0 aliphatic heterocycles. The quantitative estimate of drug-likeness (QED) is 0.657. The third kappa shape index (κ3) is 3.03. The van der Waals surface area contributed by atoms with Crippen molar-refractivity contribution in [3.8, 4) is 0 Å². The zero-order valence-corrected chi connectivity index (χ0v) is 15.0. The van der Waals surface area contributed by atoms with E-state index >= 15 is 0 Å². The van der Waals surface area contributed by atoms with Crippen LogP contribution in [0.2, 0.25) is 0 Å². The van der Waals surface area contributed by atoms with Gasteiger partial charge in [0.2, 0.25) is 5.96 Å². The molecule has 1 aliphatic rings. The Kier molecular flexibility index (Phi) is 4.89. The fraction of sp³-hybridized carbons (Fsp3) is 0.381. The molecule has 0 heterocycles. The molecule has 1 N–H and O–H groups in total. The van der Waals surface area contributed by atoms with Gasteiger partial charge in [-0.1, -0.05) is 31.2 Å². The van der Waals surface area contributed by atoms with Gasteiger partial charge in [0.25, 0.3) is 0 Å². The van der Waals surface area contributed by atoms with Gasteiger partial charge in [-0.2, -0.15) is 0 Å². The van der Waals surface area contributed by atoms with Gasteiger partial charge in [-0.15, -0.1) is 0 Å². The fourth-order valence-corrected chi connectivity index (χ4v) is 3.61. The molecule has 0 saturated heterocycles. The van der Waals surface area contributed by atoms with Gasteiger partial charge in [-0.3, -0.25) is 5.41 Å². The predicted octanol–water partition coefficient (Wildman–Crippen LogP) is 4.64. The maximum absolute atomic E-state index is 8.77. The highest BCUT2D eigenvalue weighted by Crippen LogP contribution is 2.31. The Morgan fingerprint density at radius 3 is 2.62 bits per heavy atom. The minimum absolute atomic E-state index is 0.533. The first-order chi connectivity index (χ1) is 11.7. The second-order valence-electron chi connectivity index (χ2n) is 6.42. The Morgan fingerprint density at radius 1 is 1.08 bits per heavy atom. The molecule has 0 aromatic heterocycles. The van der Waals surface area contributed by atoms with Crippen LogP contribution in [0, 0.1) is 5.41 Å². The first kappa shape index (κ1) is 16.6. The third-order valence-electron chi connectivity index (χ3n) is 5.00. The molecule has 3 heteroatoms. The van der Waals surface area contributed by atoms with E-state index in [4.69, 9.17) is 5.41 Å². The molecule has 1 aliphatic carbocycles. The van der Waals surface area contributed by atoms with E-state index < -0.39 is 0 Å². The normalized spacial score (nSPS) is 12.8. The van der Waals surface area contributed by atoms with E-state index in [2.05, 4.69) is 61.2 Å². The number of nitrogens with zero attached hydrogens (tertiary/aromatic N) is 2. The topological polar surface area (TPSA) is 30.3 Å². The standard InChI is InChI=1S/C21H27N3/c1-4-16-9-6-12-18(15-16)24(5-2)21(22)23(3)20-14-8-11-17-10-7-13-19(17)20/h6,8-9,11-12,14-15,22H,4-5,7,10,13H2,1-3H3. The summed E-state index contributed by atoms with van der Waals surface area (Å²) in [5.41, 5.74) is 6.45. The van der Waals surface area contributed by atoms with E-state index in [0.717, 1.165) is 25.1 Å². The van der Waals surface area contributed by atoms with Crippen LogP contribution < -0.4 is 9.80 Å². The van der Waals surface area contributed by atoms with Crippen LogP contribution in [0.5, 0.6) is 0 Å². The van der Waals surface area contributed by atoms with Gasteiger partial charge in [0.15, 0.2) is 0 Å². The summed E-state index contributed by atoms with van der Waals surface area (Å²) in [5, 5.41) is 8.77. The van der Waals surface area contributed by atoms with Crippen molar-refractivity contribution < 1.29 is 0 Å². The van der Waals surface area contributed by atoms with Crippen molar-refractivity contribution in [2.75, 3.05) is 23.4 Å². The van der Waals surface area contributed by atoms with Crippen LogP contribution in [0.1, 0.15) is 37.0 Å². The molecular formula is C21H27N3. The second-order valence-corrected chi connectivity index (χ2v) is 6.42. The maximum atomic E-state index is 8.77. The lowest BCUT2D eigenvalue weighted by atomic mass is 10.1. The summed E-state index contributed by atoms with van der Waals surface area (Å²) >= 11 is 0. The van der Waals surface area contributed by atoms with E-state index in [1.54, 1.807) is 0 Å². The third-order valence-corrected chi connectivity index (χ3v) is 5.00. The molecule has 0 atom stereocenters. The smallest absolute Gasteiger partial charge is 0.202 e. The first-order valence-corrected chi connectivity index (χ1v) is 8.95. The van der Waals surface area contributed by atoms with Crippen molar-refractivity contribution in [3.05, 3.63) is 59.2 Å². The largest absolute Gasteiger partial charge is 0.315 e. The molecule has 0 spiro atoms. The van der Waals surface area contributed by atoms with Crippen LogP contribution in [0.15, 0.2) is 42.5 Å². The van der Waals surface area contributed by atoms with E-state index in [9.17, 15) is 0 Å². The van der Waals surface area contributed by atoms with Gasteiger partial charge in [-0.05, 0) is 67.5 Å². The number of hydrogen-bond acceptors (Lipinski definition) is 1. The van der Waals surface area contributed by atoms with Crippen molar-refractivity contribution in [2.45, 2.75) is 39.5 Å². The van der Waals surface area contributed by atoms with Gasteiger partial charge in [-0.25, -0.2) is 0 Å². The Bertz CT molecular complexity index is 736. The summed E-state index contributed by atoms with van der Waals surface area (Å²) in [6.45, 7) is 5.06. The van der Waals surface area contributed by atoms with E-state index in [-0.39, 0.29) is 0 Å². The molecule has 0 saturated carbocycles. The summed E-state index contributed by atoms with van der Waals surface area (Å²) in [5.74, 6) is 0.533. The summed E-state index contributed by atoms with van der Waals surface area (Å²) in [4.78, 5) is 4.11. The molecule has 0 unspecified atom stereocenters. The lowest BCUT2D eigenvalue weighted by Crippen LogP contribution is -2.42. The van der Waals surface area contributed by atoms with Crippen LogP contribution in [-0.2, 0) is 19.3 Å². The zero-order chi connectivity index (χ0) is 17.1. The maximum Gasteiger partial charge on any atom is 0.202 e. The van der Waals surface area contributed by atoms with Gasteiger partial charge in [0.05, 0.1) is 0 Å². The molecule has 0 fully saturated rings. The van der Waals surface area contributed by atoms with Crippen molar-refractivity contribution in [1.82, 2.24) is 0 Å². The van der Waals surface area contributed by atoms with Gasteiger partial charge >= 0.3 is 0 Å². The average molecular weight is 321 g/mol. The van der Waals surface area contributed by atoms with Crippen molar-refractivity contribution in [3.63, 3.8) is 0 Å². The monoisotopic (exact) mass is 321 g/mol. The molecule has 0 radical (unpaired) electrons. The van der Waals surface area contributed by atoms with Crippen LogP contribution in [0.3, 0.4) is 0 Å². The average Bonchev–Trinajstić information content (AvgIpc) is 3.10. The summed E-state index contributed by atoms with van der Waals surface area (Å²) < 4.78 is 0. The minimum Gasteiger partial charge on any atom is -0.315 e. The van der Waals surface area contributed by atoms with Crippen LogP contribution in [0.25, 0.3) is 0 Å². The molecule has 0 bridgehead atoms. The first-order valence-electron chi connectivity index (χ1n) is 8.95. The van der Waals surface area contributed by atoms with Crippen LogP contribution in [-0.4, -0.2) is 19.6 Å². The molecule has 2 aromatic carbocycles. The number of nitrogens with one attached hydrogen (secondary N) is 1. The minimum atomic E-state index is 0.533. The molecule has 3 rings (SSSR count). The molecule has 2 aromatic rings. The molecule has 126 valence electrons. The zero-order valence-electron chi connectivity index (χ0n) is 15.0. The number of benzene rings is 2. The van der Waals surface area contributed by atoms with Crippen molar-refractivity contribution >= 4 is 17.3 Å². The number of hydrogen-bond donors (Lipinski definition) is 1. The number of aryl methyl sites for hydroxylation is 2. The van der Waals surface area contributed by atoms with E-state index in [1.165, 1.54) is 35.2 Å². The number of guanidine groups is 1. The lowest BCUT2D eigenvalue weighted by molar-refractivity contribution is 0.910. The predicted molar refractivity (Wildman–Crippen MR) is 103 cm³/mol. The lowest BCUT2D eigenvalue weighted by Gasteiger charge is -2.31. The molecule has 24 heavy (non-hydrogen) atoms. The van der Waals surface area contributed by atoms with Crippen molar-refractivity contribution in [1.29, 1.82) is 5.41 Å². The van der Waals surface area contributed by atoms with E-state index in [0.29, 0.717) is 5.96 Å². The highest BCUT2D eigenvalue weighted by atomic mass is 15.3. The van der Waals surface area contributed by atoms with Crippen molar-refractivity contribution in [2.24, 2.45) is 0 Å². The number of anilines is 2. The van der Waals surface area contributed by atoms with Crippen LogP contribution >= 0.6 is 0 Å². The number of fused-ring (bicyclic) bond motifs is 1. The molecule has 3 nitrogen and oxygen atoms in total.